The van der Waals surface area contributed by atoms with Crippen molar-refractivity contribution >= 4 is 33.6 Å². The highest BCUT2D eigenvalue weighted by Gasteiger charge is 2.15. The number of hydrogen-bond acceptors (Lipinski definition) is 3. The van der Waals surface area contributed by atoms with Gasteiger partial charge in [0.15, 0.2) is 0 Å². The molecule has 0 aliphatic rings. The van der Waals surface area contributed by atoms with Gasteiger partial charge in [-0.1, -0.05) is 19.1 Å². The highest BCUT2D eigenvalue weighted by Crippen LogP contribution is 2.21. The number of carbonyl (C=O) groups is 2. The van der Waals surface area contributed by atoms with Crippen molar-refractivity contribution in [1.82, 2.24) is 4.90 Å². The van der Waals surface area contributed by atoms with Gasteiger partial charge in [-0.05, 0) is 41.4 Å². The second-order valence-corrected chi connectivity index (χ2v) is 5.31. The molecule has 1 N–H and O–H groups in total. The number of para-hydroxylation sites is 1. The van der Waals surface area contributed by atoms with Crippen LogP contribution in [-0.2, 0) is 9.53 Å². The van der Waals surface area contributed by atoms with Crippen LogP contribution in [0.25, 0.3) is 0 Å². The molecule has 0 fully saturated rings. The van der Waals surface area contributed by atoms with E-state index in [-0.39, 0.29) is 18.4 Å². The Morgan fingerprint density at radius 3 is 2.57 bits per heavy atom. The van der Waals surface area contributed by atoms with Crippen molar-refractivity contribution in [3.05, 3.63) is 28.7 Å². The Balaban J connectivity index is 2.60. The maximum atomic E-state index is 12.3. The molecule has 0 saturated carbocycles. The predicted molar refractivity (Wildman–Crippen MR) is 86.3 cm³/mol. The van der Waals surface area contributed by atoms with Crippen molar-refractivity contribution in [2.75, 3.05) is 25.0 Å². The van der Waals surface area contributed by atoms with Gasteiger partial charge in [-0.15, -0.1) is 0 Å². The lowest BCUT2D eigenvalue weighted by molar-refractivity contribution is -0.143. The monoisotopic (exact) mass is 356 g/mol. The molecule has 0 bridgehead atoms. The Labute approximate surface area is 133 Å². The van der Waals surface area contributed by atoms with Crippen molar-refractivity contribution in [1.29, 1.82) is 0 Å². The normalized spacial score (nSPS) is 10.0. The van der Waals surface area contributed by atoms with E-state index in [1.54, 1.807) is 11.8 Å². The van der Waals surface area contributed by atoms with Crippen molar-refractivity contribution in [3.8, 4) is 0 Å². The average Bonchev–Trinajstić information content (AvgIpc) is 2.46. The minimum Gasteiger partial charge on any atom is -0.466 e. The van der Waals surface area contributed by atoms with Gasteiger partial charge in [0.05, 0.1) is 18.7 Å². The van der Waals surface area contributed by atoms with E-state index < -0.39 is 0 Å². The van der Waals surface area contributed by atoms with Gasteiger partial charge >= 0.3 is 12.0 Å². The Kier molecular flexibility index (Phi) is 7.82. The molecule has 1 aromatic rings. The summed E-state index contributed by atoms with van der Waals surface area (Å²) in [4.78, 5) is 25.3. The molecule has 0 heterocycles. The number of halogens is 1. The second kappa shape index (κ2) is 9.39. The van der Waals surface area contributed by atoms with E-state index >= 15 is 0 Å². The van der Waals surface area contributed by atoms with Crippen molar-refractivity contribution < 1.29 is 14.3 Å². The number of nitrogens with one attached hydrogen (secondary N) is 1. The standard InChI is InChI=1S/C15H21BrN2O3/c1-3-10-18(11-9-14(19)21-4-2)15(20)17-13-8-6-5-7-12(13)16/h5-8H,3-4,9-11H2,1-2H3,(H,17,20). The molecule has 0 radical (unpaired) electrons. The molecular formula is C15H21BrN2O3. The van der Waals surface area contributed by atoms with Gasteiger partial charge in [0.25, 0.3) is 0 Å². The molecule has 116 valence electrons. The summed E-state index contributed by atoms with van der Waals surface area (Å²) in [6.45, 7) is 5.05. The molecule has 0 saturated heterocycles. The summed E-state index contributed by atoms with van der Waals surface area (Å²) in [7, 11) is 0. The number of anilines is 1. The van der Waals surface area contributed by atoms with E-state index in [2.05, 4.69) is 21.2 Å². The molecule has 0 aliphatic heterocycles. The maximum absolute atomic E-state index is 12.3. The summed E-state index contributed by atoms with van der Waals surface area (Å²) in [5.41, 5.74) is 0.708. The third kappa shape index (κ3) is 6.16. The first kappa shape index (κ1) is 17.5. The number of hydrogen-bond donors (Lipinski definition) is 1. The molecule has 0 unspecified atom stereocenters. The van der Waals surface area contributed by atoms with Crippen LogP contribution >= 0.6 is 15.9 Å². The minimum absolute atomic E-state index is 0.206. The lowest BCUT2D eigenvalue weighted by Gasteiger charge is -2.22. The fourth-order valence-corrected chi connectivity index (χ4v) is 2.18. The quantitative estimate of drug-likeness (QED) is 0.758. The summed E-state index contributed by atoms with van der Waals surface area (Å²) in [5, 5.41) is 2.84. The van der Waals surface area contributed by atoms with Gasteiger partial charge < -0.3 is 15.0 Å². The molecule has 1 rings (SSSR count). The van der Waals surface area contributed by atoms with Crippen molar-refractivity contribution in [2.45, 2.75) is 26.7 Å². The Morgan fingerprint density at radius 2 is 1.95 bits per heavy atom. The predicted octanol–water partition coefficient (Wildman–Crippen LogP) is 3.65. The molecule has 1 aromatic carbocycles. The van der Waals surface area contributed by atoms with Crippen molar-refractivity contribution in [3.63, 3.8) is 0 Å². The summed E-state index contributed by atoms with van der Waals surface area (Å²) < 4.78 is 5.70. The number of ether oxygens (including phenoxy) is 1. The first-order chi connectivity index (χ1) is 10.1. The van der Waals surface area contributed by atoms with Crippen molar-refractivity contribution in [2.24, 2.45) is 0 Å². The summed E-state index contributed by atoms with van der Waals surface area (Å²) in [5.74, 6) is -0.285. The first-order valence-corrected chi connectivity index (χ1v) is 7.83. The molecule has 2 amide bonds. The zero-order valence-corrected chi connectivity index (χ0v) is 14.0. The van der Waals surface area contributed by atoms with Crippen LogP contribution in [-0.4, -0.2) is 36.6 Å². The van der Waals surface area contributed by atoms with Crippen LogP contribution in [0.5, 0.6) is 0 Å². The summed E-state index contributed by atoms with van der Waals surface area (Å²) in [6.07, 6.45) is 1.03. The smallest absolute Gasteiger partial charge is 0.321 e. The van der Waals surface area contributed by atoms with Crippen LogP contribution < -0.4 is 5.32 Å². The van der Waals surface area contributed by atoms with E-state index in [0.717, 1.165) is 10.9 Å². The molecule has 6 heteroatoms. The number of esters is 1. The van der Waals surface area contributed by atoms with Crippen LogP contribution in [0.15, 0.2) is 28.7 Å². The van der Waals surface area contributed by atoms with E-state index in [1.807, 2.05) is 31.2 Å². The fourth-order valence-electron chi connectivity index (χ4n) is 1.80. The molecule has 0 atom stereocenters. The lowest BCUT2D eigenvalue weighted by atomic mass is 10.3. The molecular weight excluding hydrogens is 336 g/mol. The number of urea groups is 1. The van der Waals surface area contributed by atoms with Gasteiger partial charge in [0.2, 0.25) is 0 Å². The van der Waals surface area contributed by atoms with E-state index in [9.17, 15) is 9.59 Å². The largest absolute Gasteiger partial charge is 0.466 e. The SMILES string of the molecule is CCCN(CCC(=O)OCC)C(=O)Nc1ccccc1Br. The second-order valence-electron chi connectivity index (χ2n) is 4.45. The topological polar surface area (TPSA) is 58.6 Å². The van der Waals surface area contributed by atoms with E-state index in [1.165, 1.54) is 0 Å². The lowest BCUT2D eigenvalue weighted by Crippen LogP contribution is -2.37. The molecule has 21 heavy (non-hydrogen) atoms. The zero-order chi connectivity index (χ0) is 15.7. The summed E-state index contributed by atoms with van der Waals surface area (Å²) >= 11 is 3.39. The number of carbonyl (C=O) groups excluding carboxylic acids is 2. The minimum atomic E-state index is -0.285. The third-order valence-corrected chi connectivity index (χ3v) is 3.48. The van der Waals surface area contributed by atoms with Gasteiger partial charge in [-0.25, -0.2) is 4.79 Å². The van der Waals surface area contributed by atoms with Gasteiger partial charge in [-0.3, -0.25) is 4.79 Å². The first-order valence-electron chi connectivity index (χ1n) is 7.04. The molecule has 0 aromatic heterocycles. The maximum Gasteiger partial charge on any atom is 0.321 e. The Morgan fingerprint density at radius 1 is 1.24 bits per heavy atom. The van der Waals surface area contributed by atoms with Gasteiger partial charge in [-0.2, -0.15) is 0 Å². The molecule has 0 aliphatic carbocycles. The number of benzene rings is 1. The Hall–Kier alpha value is -1.56. The van der Waals surface area contributed by atoms with E-state index in [0.29, 0.717) is 25.4 Å². The van der Waals surface area contributed by atoms with Crippen LogP contribution in [0.2, 0.25) is 0 Å². The van der Waals surface area contributed by atoms with Crippen LogP contribution in [0.3, 0.4) is 0 Å². The van der Waals surface area contributed by atoms with Gasteiger partial charge in [0, 0.05) is 17.6 Å². The highest BCUT2D eigenvalue weighted by molar-refractivity contribution is 9.10. The third-order valence-electron chi connectivity index (χ3n) is 2.79. The van der Waals surface area contributed by atoms with Crippen LogP contribution in [0.4, 0.5) is 10.5 Å². The van der Waals surface area contributed by atoms with Gasteiger partial charge in [0.1, 0.15) is 0 Å². The zero-order valence-electron chi connectivity index (χ0n) is 12.4. The number of nitrogens with zero attached hydrogens (tertiary/aromatic N) is 1. The fraction of sp³-hybridized carbons (Fsp3) is 0.467. The average molecular weight is 357 g/mol. The molecule has 0 spiro atoms. The number of rotatable bonds is 7. The molecule has 5 nitrogen and oxygen atoms in total. The van der Waals surface area contributed by atoms with Crippen LogP contribution in [0.1, 0.15) is 26.7 Å². The summed E-state index contributed by atoms with van der Waals surface area (Å²) in [6, 6.07) is 7.19. The van der Waals surface area contributed by atoms with E-state index in [4.69, 9.17) is 4.74 Å². The highest BCUT2D eigenvalue weighted by atomic mass is 79.9. The number of amides is 2. The van der Waals surface area contributed by atoms with Crippen LogP contribution in [0, 0.1) is 0 Å². The Bertz CT molecular complexity index is 480.